The lowest BCUT2D eigenvalue weighted by Crippen LogP contribution is -2.10. The van der Waals surface area contributed by atoms with Crippen molar-refractivity contribution < 1.29 is 9.53 Å². The predicted octanol–water partition coefficient (Wildman–Crippen LogP) is 6.07. The molecule has 32 heavy (non-hydrogen) atoms. The van der Waals surface area contributed by atoms with Gasteiger partial charge in [-0.2, -0.15) is 0 Å². The Morgan fingerprint density at radius 3 is 2.44 bits per heavy atom. The maximum atomic E-state index is 12.4. The van der Waals surface area contributed by atoms with Crippen molar-refractivity contribution in [3.63, 3.8) is 0 Å². The summed E-state index contributed by atoms with van der Waals surface area (Å²) in [4.78, 5) is 12.4. The first-order chi connectivity index (χ1) is 15.7. The lowest BCUT2D eigenvalue weighted by atomic mass is 9.96. The van der Waals surface area contributed by atoms with Gasteiger partial charge in [0, 0.05) is 23.4 Å². The number of benzene rings is 4. The Morgan fingerprint density at radius 2 is 1.62 bits per heavy atom. The SMILES string of the molecule is COC(=O)c1cccc(C#Cc2ccccc2)c1CCCNc1ccc2ccccc2c1. The molecule has 3 nitrogen and oxygen atoms in total. The Morgan fingerprint density at radius 1 is 0.844 bits per heavy atom. The van der Waals surface area contributed by atoms with Crippen molar-refractivity contribution in [2.45, 2.75) is 12.8 Å². The fourth-order valence-electron chi connectivity index (χ4n) is 3.73. The number of fused-ring (bicyclic) bond motifs is 1. The van der Waals surface area contributed by atoms with Gasteiger partial charge in [0.05, 0.1) is 12.7 Å². The van der Waals surface area contributed by atoms with Crippen LogP contribution < -0.4 is 5.32 Å². The van der Waals surface area contributed by atoms with Crippen molar-refractivity contribution >= 4 is 22.4 Å². The van der Waals surface area contributed by atoms with E-state index in [1.165, 1.54) is 17.9 Å². The molecular weight excluding hydrogens is 394 g/mol. The maximum Gasteiger partial charge on any atom is 0.338 e. The lowest BCUT2D eigenvalue weighted by molar-refractivity contribution is 0.0599. The van der Waals surface area contributed by atoms with E-state index >= 15 is 0 Å². The molecule has 0 bridgehead atoms. The number of anilines is 1. The average Bonchev–Trinajstić information content (AvgIpc) is 2.85. The van der Waals surface area contributed by atoms with Crippen molar-refractivity contribution in [2.24, 2.45) is 0 Å². The molecule has 0 saturated carbocycles. The molecule has 0 atom stereocenters. The molecule has 0 amide bonds. The molecule has 4 aromatic rings. The average molecular weight is 420 g/mol. The fourth-order valence-corrected chi connectivity index (χ4v) is 3.73. The number of carbonyl (C=O) groups excluding carboxylic acids is 1. The second-order valence-electron chi connectivity index (χ2n) is 7.53. The van der Waals surface area contributed by atoms with Gasteiger partial charge in [-0.05, 0) is 65.6 Å². The monoisotopic (exact) mass is 419 g/mol. The Kier molecular flexibility index (Phi) is 6.84. The number of hydrogen-bond donors (Lipinski definition) is 1. The van der Waals surface area contributed by atoms with E-state index < -0.39 is 0 Å². The van der Waals surface area contributed by atoms with Crippen LogP contribution in [0.25, 0.3) is 10.8 Å². The second-order valence-corrected chi connectivity index (χ2v) is 7.53. The van der Waals surface area contributed by atoms with E-state index in [4.69, 9.17) is 4.74 Å². The van der Waals surface area contributed by atoms with Crippen LogP contribution in [0.15, 0.2) is 91.0 Å². The minimum atomic E-state index is -0.328. The molecule has 158 valence electrons. The number of nitrogens with one attached hydrogen (secondary N) is 1. The molecule has 4 aromatic carbocycles. The number of methoxy groups -OCH3 is 1. The standard InChI is InChI=1S/C29H25NO2/c1-32-29(31)28-14-7-13-24(17-16-22-9-3-2-4-10-22)27(28)15-8-20-30-26-19-18-23-11-5-6-12-25(23)21-26/h2-7,9-14,18-19,21,30H,8,15,20H2,1H3. The van der Waals surface area contributed by atoms with Crippen LogP contribution in [0.1, 0.15) is 33.5 Å². The van der Waals surface area contributed by atoms with Crippen molar-refractivity contribution in [1.29, 1.82) is 0 Å². The highest BCUT2D eigenvalue weighted by Crippen LogP contribution is 2.20. The van der Waals surface area contributed by atoms with E-state index in [2.05, 4.69) is 47.5 Å². The third-order valence-electron chi connectivity index (χ3n) is 5.38. The van der Waals surface area contributed by atoms with Crippen LogP contribution in [0.4, 0.5) is 5.69 Å². The van der Waals surface area contributed by atoms with E-state index in [1.54, 1.807) is 0 Å². The third-order valence-corrected chi connectivity index (χ3v) is 5.38. The summed E-state index contributed by atoms with van der Waals surface area (Å²) in [6.45, 7) is 0.791. The summed E-state index contributed by atoms with van der Waals surface area (Å²) in [6.07, 6.45) is 1.59. The first-order valence-electron chi connectivity index (χ1n) is 10.7. The van der Waals surface area contributed by atoms with Crippen LogP contribution in [0.3, 0.4) is 0 Å². The molecule has 0 saturated heterocycles. The molecule has 0 aliphatic heterocycles. The zero-order valence-corrected chi connectivity index (χ0v) is 18.1. The van der Waals surface area contributed by atoms with Gasteiger partial charge in [0.2, 0.25) is 0 Å². The van der Waals surface area contributed by atoms with E-state index in [0.717, 1.165) is 41.8 Å². The number of ether oxygens (including phenoxy) is 1. The Bertz CT molecular complexity index is 1280. The maximum absolute atomic E-state index is 12.4. The number of rotatable bonds is 6. The van der Waals surface area contributed by atoms with E-state index in [9.17, 15) is 4.79 Å². The quantitative estimate of drug-likeness (QED) is 0.234. The summed E-state index contributed by atoms with van der Waals surface area (Å²) < 4.78 is 5.01. The molecular formula is C29H25NO2. The van der Waals surface area contributed by atoms with Gasteiger partial charge in [0.15, 0.2) is 0 Å². The Balaban J connectivity index is 1.49. The normalized spacial score (nSPS) is 10.3. The zero-order chi connectivity index (χ0) is 22.2. The molecule has 3 heteroatoms. The molecule has 0 unspecified atom stereocenters. The molecule has 1 N–H and O–H groups in total. The topological polar surface area (TPSA) is 38.3 Å². The summed E-state index contributed by atoms with van der Waals surface area (Å²) in [7, 11) is 1.41. The summed E-state index contributed by atoms with van der Waals surface area (Å²) in [5, 5.41) is 5.94. The van der Waals surface area contributed by atoms with Crippen LogP contribution in [0, 0.1) is 11.8 Å². The minimum Gasteiger partial charge on any atom is -0.465 e. The van der Waals surface area contributed by atoms with E-state index in [-0.39, 0.29) is 5.97 Å². The van der Waals surface area contributed by atoms with Gasteiger partial charge in [-0.1, -0.05) is 66.4 Å². The van der Waals surface area contributed by atoms with E-state index in [1.807, 2.05) is 60.7 Å². The van der Waals surface area contributed by atoms with Gasteiger partial charge < -0.3 is 10.1 Å². The fraction of sp³-hybridized carbons (Fsp3) is 0.138. The van der Waals surface area contributed by atoms with Crippen molar-refractivity contribution in [2.75, 3.05) is 19.0 Å². The van der Waals surface area contributed by atoms with Crippen molar-refractivity contribution in [1.82, 2.24) is 0 Å². The number of carbonyl (C=O) groups is 1. The summed E-state index contributed by atoms with van der Waals surface area (Å²) >= 11 is 0. The van der Waals surface area contributed by atoms with Crippen molar-refractivity contribution in [3.05, 3.63) is 113 Å². The first kappa shape index (κ1) is 21.2. The number of hydrogen-bond acceptors (Lipinski definition) is 3. The second kappa shape index (κ2) is 10.3. The van der Waals surface area contributed by atoms with Crippen LogP contribution >= 0.6 is 0 Å². The van der Waals surface area contributed by atoms with Gasteiger partial charge in [-0.25, -0.2) is 4.79 Å². The summed E-state index contributed by atoms with van der Waals surface area (Å²) in [5.41, 5.74) is 4.41. The largest absolute Gasteiger partial charge is 0.465 e. The molecule has 0 aromatic heterocycles. The molecule has 0 aliphatic rings. The summed E-state index contributed by atoms with van der Waals surface area (Å²) in [6, 6.07) is 30.2. The smallest absolute Gasteiger partial charge is 0.338 e. The van der Waals surface area contributed by atoms with Crippen LogP contribution in [0.5, 0.6) is 0 Å². The number of esters is 1. The first-order valence-corrected chi connectivity index (χ1v) is 10.7. The van der Waals surface area contributed by atoms with Gasteiger partial charge in [0.25, 0.3) is 0 Å². The van der Waals surface area contributed by atoms with E-state index in [0.29, 0.717) is 5.56 Å². The molecule has 0 spiro atoms. The highest BCUT2D eigenvalue weighted by atomic mass is 16.5. The van der Waals surface area contributed by atoms with Gasteiger partial charge in [-0.3, -0.25) is 0 Å². The zero-order valence-electron chi connectivity index (χ0n) is 18.1. The predicted molar refractivity (Wildman–Crippen MR) is 131 cm³/mol. The van der Waals surface area contributed by atoms with Gasteiger partial charge >= 0.3 is 5.97 Å². The molecule has 0 aliphatic carbocycles. The van der Waals surface area contributed by atoms with Crippen LogP contribution in [-0.2, 0) is 11.2 Å². The summed E-state index contributed by atoms with van der Waals surface area (Å²) in [5.74, 6) is 6.12. The van der Waals surface area contributed by atoms with Gasteiger partial charge in [0.1, 0.15) is 0 Å². The third kappa shape index (κ3) is 5.17. The molecule has 4 rings (SSSR count). The highest BCUT2D eigenvalue weighted by molar-refractivity contribution is 5.91. The van der Waals surface area contributed by atoms with Crippen LogP contribution in [0.2, 0.25) is 0 Å². The molecule has 0 fully saturated rings. The van der Waals surface area contributed by atoms with Crippen molar-refractivity contribution in [3.8, 4) is 11.8 Å². The minimum absolute atomic E-state index is 0.328. The molecule has 0 radical (unpaired) electrons. The Hall–Kier alpha value is -4.03. The molecule has 0 heterocycles. The lowest BCUT2D eigenvalue weighted by Gasteiger charge is -2.12. The Labute approximate surface area is 189 Å². The highest BCUT2D eigenvalue weighted by Gasteiger charge is 2.14. The van der Waals surface area contributed by atoms with Crippen LogP contribution in [-0.4, -0.2) is 19.6 Å². The van der Waals surface area contributed by atoms with Gasteiger partial charge in [-0.15, -0.1) is 0 Å².